The third-order valence-electron chi connectivity index (χ3n) is 4.32. The number of amides is 1. The average molecular weight is 402 g/mol. The van der Waals surface area contributed by atoms with Gasteiger partial charge in [-0.3, -0.25) is 10.1 Å². The van der Waals surface area contributed by atoms with Crippen LogP contribution >= 0.6 is 24.8 Å². The lowest BCUT2D eigenvalue weighted by atomic mass is 9.90. The van der Waals surface area contributed by atoms with Gasteiger partial charge in [0.1, 0.15) is 6.04 Å². The summed E-state index contributed by atoms with van der Waals surface area (Å²) in [5.41, 5.74) is 5.64. The highest BCUT2D eigenvalue weighted by Crippen LogP contribution is 2.33. The van der Waals surface area contributed by atoms with Crippen LogP contribution in [0.5, 0.6) is 0 Å². The molecule has 0 saturated carbocycles. The maximum atomic E-state index is 13.2. The van der Waals surface area contributed by atoms with Crippen LogP contribution in [-0.4, -0.2) is 43.2 Å². The highest BCUT2D eigenvalue weighted by atomic mass is 35.5. The van der Waals surface area contributed by atoms with Crippen LogP contribution in [0.25, 0.3) is 0 Å². The highest BCUT2D eigenvalue weighted by molar-refractivity contribution is 5.85. The topological polar surface area (TPSA) is 58.4 Å². The molecule has 1 aromatic rings. The van der Waals surface area contributed by atoms with Crippen LogP contribution in [0.4, 0.5) is 13.2 Å². The van der Waals surface area contributed by atoms with Crippen molar-refractivity contribution in [2.75, 3.05) is 26.2 Å². The molecule has 9 heteroatoms. The molecule has 1 fully saturated rings. The number of nitrogens with zero attached hydrogens (tertiary/aromatic N) is 1. The van der Waals surface area contributed by atoms with Crippen LogP contribution in [0.15, 0.2) is 30.3 Å². The van der Waals surface area contributed by atoms with Crippen LogP contribution < -0.4 is 11.1 Å². The van der Waals surface area contributed by atoms with E-state index in [-0.39, 0.29) is 48.2 Å². The molecule has 144 valence electrons. The van der Waals surface area contributed by atoms with Gasteiger partial charge in [0.15, 0.2) is 0 Å². The van der Waals surface area contributed by atoms with Crippen molar-refractivity contribution in [1.82, 2.24) is 10.2 Å². The van der Waals surface area contributed by atoms with Crippen molar-refractivity contribution in [2.24, 2.45) is 11.1 Å². The summed E-state index contributed by atoms with van der Waals surface area (Å²) in [6.07, 6.45) is -3.69. The number of benzene rings is 1. The Bertz CT molecular complexity index is 545. The molecule has 1 aliphatic rings. The number of carbonyl (C=O) groups is 1. The van der Waals surface area contributed by atoms with Crippen LogP contribution in [0.3, 0.4) is 0 Å². The Labute approximate surface area is 158 Å². The van der Waals surface area contributed by atoms with Gasteiger partial charge in [-0.1, -0.05) is 37.3 Å². The first-order valence-corrected chi connectivity index (χ1v) is 7.58. The van der Waals surface area contributed by atoms with E-state index in [2.05, 4.69) is 5.32 Å². The number of nitrogens with one attached hydrogen (secondary N) is 1. The van der Waals surface area contributed by atoms with E-state index >= 15 is 0 Å². The molecule has 0 bridgehead atoms. The van der Waals surface area contributed by atoms with E-state index in [4.69, 9.17) is 5.73 Å². The number of rotatable bonds is 5. The third-order valence-corrected chi connectivity index (χ3v) is 4.32. The van der Waals surface area contributed by atoms with Gasteiger partial charge in [-0.15, -0.1) is 24.8 Å². The van der Waals surface area contributed by atoms with Crippen molar-refractivity contribution in [3.8, 4) is 0 Å². The molecule has 0 aliphatic carbocycles. The Hall–Kier alpha value is -1.02. The molecular formula is C16H24Cl2F3N3O. The van der Waals surface area contributed by atoms with Crippen molar-refractivity contribution in [1.29, 1.82) is 0 Å². The Morgan fingerprint density at radius 1 is 1.32 bits per heavy atom. The molecule has 4 nitrogen and oxygen atoms in total. The second kappa shape index (κ2) is 9.62. The van der Waals surface area contributed by atoms with E-state index in [1.54, 1.807) is 23.1 Å². The zero-order valence-electron chi connectivity index (χ0n) is 13.9. The van der Waals surface area contributed by atoms with E-state index in [9.17, 15) is 18.0 Å². The van der Waals surface area contributed by atoms with Crippen LogP contribution in [0.1, 0.15) is 24.9 Å². The summed E-state index contributed by atoms with van der Waals surface area (Å²) in [7, 11) is 0. The summed E-state index contributed by atoms with van der Waals surface area (Å²) in [6.45, 7) is 3.12. The molecule has 0 aromatic heterocycles. The van der Waals surface area contributed by atoms with Crippen molar-refractivity contribution in [3.05, 3.63) is 35.9 Å². The number of halogens is 5. The van der Waals surface area contributed by atoms with Gasteiger partial charge in [0, 0.05) is 13.1 Å². The first-order chi connectivity index (χ1) is 10.7. The first kappa shape index (κ1) is 24.0. The second-order valence-electron chi connectivity index (χ2n) is 6.35. The molecule has 1 aromatic carbocycles. The highest BCUT2D eigenvalue weighted by Gasteiger charge is 2.41. The molecule has 0 radical (unpaired) electrons. The minimum atomic E-state index is -4.46. The van der Waals surface area contributed by atoms with Crippen molar-refractivity contribution >= 4 is 30.7 Å². The predicted molar refractivity (Wildman–Crippen MR) is 96.1 cm³/mol. The quantitative estimate of drug-likeness (QED) is 0.797. The second-order valence-corrected chi connectivity index (χ2v) is 6.35. The standard InChI is InChI=1S/C16H22F3N3O.2ClH/c1-15(10-20)7-8-22(11-15)13(23)9-21-14(16(17,18)19)12-5-3-2-4-6-12;;/h2-6,14,21H,7-11,20H2,1H3;2*1H. The molecule has 25 heavy (non-hydrogen) atoms. The summed E-state index contributed by atoms with van der Waals surface area (Å²) in [5, 5.41) is 2.35. The smallest absolute Gasteiger partial charge is 0.341 e. The van der Waals surface area contributed by atoms with E-state index < -0.39 is 12.2 Å². The minimum Gasteiger partial charge on any atom is -0.341 e. The van der Waals surface area contributed by atoms with Crippen LogP contribution in [0.2, 0.25) is 0 Å². The summed E-state index contributed by atoms with van der Waals surface area (Å²) in [4.78, 5) is 13.7. The maximum absolute atomic E-state index is 13.2. The summed E-state index contributed by atoms with van der Waals surface area (Å²) >= 11 is 0. The van der Waals surface area contributed by atoms with E-state index in [1.807, 2.05) is 6.92 Å². The molecule has 2 rings (SSSR count). The Kier molecular flexibility index (Phi) is 9.22. The number of nitrogens with two attached hydrogens (primary N) is 1. The van der Waals surface area contributed by atoms with Crippen LogP contribution in [0, 0.1) is 5.41 Å². The summed E-state index contributed by atoms with van der Waals surface area (Å²) in [6, 6.07) is 5.69. The zero-order chi connectivity index (χ0) is 17.1. The first-order valence-electron chi connectivity index (χ1n) is 7.58. The van der Waals surface area contributed by atoms with Crippen molar-refractivity contribution in [2.45, 2.75) is 25.6 Å². The average Bonchev–Trinajstić information content (AvgIpc) is 2.90. The Morgan fingerprint density at radius 2 is 1.92 bits per heavy atom. The van der Waals surface area contributed by atoms with E-state index in [0.29, 0.717) is 19.6 Å². The lowest BCUT2D eigenvalue weighted by Gasteiger charge is -2.25. The number of carbonyl (C=O) groups excluding carboxylic acids is 1. The fourth-order valence-corrected chi connectivity index (χ4v) is 2.77. The van der Waals surface area contributed by atoms with Gasteiger partial charge >= 0.3 is 6.18 Å². The molecule has 0 spiro atoms. The zero-order valence-corrected chi connectivity index (χ0v) is 15.5. The van der Waals surface area contributed by atoms with Crippen LogP contribution in [-0.2, 0) is 4.79 Å². The lowest BCUT2D eigenvalue weighted by molar-refractivity contribution is -0.159. The normalized spacial score (nSPS) is 21.2. The summed E-state index contributed by atoms with van der Waals surface area (Å²) in [5.74, 6) is -0.327. The molecule has 1 saturated heterocycles. The molecule has 1 aliphatic heterocycles. The van der Waals surface area contributed by atoms with Gasteiger partial charge in [0.2, 0.25) is 5.91 Å². The molecule has 2 atom stereocenters. The number of likely N-dealkylation sites (tertiary alicyclic amines) is 1. The van der Waals surface area contributed by atoms with E-state index in [0.717, 1.165) is 6.42 Å². The monoisotopic (exact) mass is 401 g/mol. The van der Waals surface area contributed by atoms with Gasteiger partial charge in [-0.2, -0.15) is 13.2 Å². The molecule has 1 amide bonds. The van der Waals surface area contributed by atoms with Crippen molar-refractivity contribution in [3.63, 3.8) is 0 Å². The predicted octanol–water partition coefficient (Wildman–Crippen LogP) is 2.92. The van der Waals surface area contributed by atoms with Gasteiger partial charge in [-0.05, 0) is 23.9 Å². The minimum absolute atomic E-state index is 0. The van der Waals surface area contributed by atoms with Gasteiger partial charge in [0.25, 0.3) is 0 Å². The molecule has 1 heterocycles. The molecule has 3 N–H and O–H groups in total. The van der Waals surface area contributed by atoms with Gasteiger partial charge in [0.05, 0.1) is 6.54 Å². The lowest BCUT2D eigenvalue weighted by Crippen LogP contribution is -2.43. The SMILES string of the molecule is CC1(CN)CCN(C(=O)CNC(c2ccccc2)C(F)(F)F)C1.Cl.Cl. The fraction of sp³-hybridized carbons (Fsp3) is 0.562. The Morgan fingerprint density at radius 3 is 2.40 bits per heavy atom. The number of alkyl halides is 3. The maximum Gasteiger partial charge on any atom is 0.407 e. The Balaban J connectivity index is 0.00000288. The van der Waals surface area contributed by atoms with E-state index in [1.165, 1.54) is 12.1 Å². The largest absolute Gasteiger partial charge is 0.407 e. The van der Waals surface area contributed by atoms with Crippen molar-refractivity contribution < 1.29 is 18.0 Å². The fourth-order valence-electron chi connectivity index (χ4n) is 2.77. The number of hydrogen-bond donors (Lipinski definition) is 2. The molecule has 2 unspecified atom stereocenters. The molecular weight excluding hydrogens is 378 g/mol. The summed E-state index contributed by atoms with van der Waals surface area (Å²) < 4.78 is 39.6. The van der Waals surface area contributed by atoms with Gasteiger partial charge < -0.3 is 10.6 Å². The third kappa shape index (κ3) is 6.33. The van der Waals surface area contributed by atoms with Gasteiger partial charge in [-0.25, -0.2) is 0 Å². The number of hydrogen-bond acceptors (Lipinski definition) is 3.